The molecule has 1 atom stereocenters. The average molecular weight is 240 g/mol. The van der Waals surface area contributed by atoms with Gasteiger partial charge in [-0.15, -0.1) is 0 Å². The predicted octanol–water partition coefficient (Wildman–Crippen LogP) is 0.952. The number of halogens is 1. The molecule has 1 fully saturated rings. The standard InChI is InChI=1S/C10H10ClN3O2/c11-8-5-6(3-4-12-8)13-7-1-2-9(15)14-10(7)16/h3-5,7H,1-2H2,(H,12,13)(H,14,15,16). The molecule has 16 heavy (non-hydrogen) atoms. The van der Waals surface area contributed by atoms with E-state index in [1.54, 1.807) is 18.3 Å². The first kappa shape index (κ1) is 10.9. The maximum absolute atomic E-state index is 11.5. The summed E-state index contributed by atoms with van der Waals surface area (Å²) in [5.74, 6) is -0.528. The molecule has 1 aromatic heterocycles. The highest BCUT2D eigenvalue weighted by molar-refractivity contribution is 6.29. The lowest BCUT2D eigenvalue weighted by atomic mass is 10.1. The summed E-state index contributed by atoms with van der Waals surface area (Å²) in [6.07, 6.45) is 2.39. The SMILES string of the molecule is O=C1CCC(Nc2ccnc(Cl)c2)C(=O)N1. The summed E-state index contributed by atoms with van der Waals surface area (Å²) in [4.78, 5) is 26.2. The van der Waals surface area contributed by atoms with Gasteiger partial charge in [0.25, 0.3) is 0 Å². The van der Waals surface area contributed by atoms with Gasteiger partial charge in [-0.25, -0.2) is 4.98 Å². The number of pyridine rings is 1. The van der Waals surface area contributed by atoms with Crippen molar-refractivity contribution in [2.24, 2.45) is 0 Å². The molecule has 2 N–H and O–H groups in total. The van der Waals surface area contributed by atoms with E-state index in [0.717, 1.165) is 5.69 Å². The third-order valence-corrected chi connectivity index (χ3v) is 2.51. The summed E-state index contributed by atoms with van der Waals surface area (Å²) < 4.78 is 0. The van der Waals surface area contributed by atoms with E-state index < -0.39 is 6.04 Å². The third-order valence-electron chi connectivity index (χ3n) is 2.31. The Bertz CT molecular complexity index is 436. The zero-order chi connectivity index (χ0) is 11.5. The molecule has 0 aliphatic carbocycles. The second kappa shape index (κ2) is 4.49. The van der Waals surface area contributed by atoms with E-state index in [1.165, 1.54) is 0 Å². The normalized spacial score (nSPS) is 20.4. The number of hydrogen-bond acceptors (Lipinski definition) is 4. The first-order valence-corrected chi connectivity index (χ1v) is 5.25. The number of hydrogen-bond donors (Lipinski definition) is 2. The van der Waals surface area contributed by atoms with Crippen LogP contribution in [0.25, 0.3) is 0 Å². The summed E-state index contributed by atoms with van der Waals surface area (Å²) >= 11 is 5.72. The van der Waals surface area contributed by atoms with Gasteiger partial charge >= 0.3 is 0 Å². The monoisotopic (exact) mass is 239 g/mol. The van der Waals surface area contributed by atoms with Crippen LogP contribution < -0.4 is 10.6 Å². The predicted molar refractivity (Wildman–Crippen MR) is 59.0 cm³/mol. The largest absolute Gasteiger partial charge is 0.374 e. The summed E-state index contributed by atoms with van der Waals surface area (Å²) in [5, 5.41) is 5.64. The Kier molecular flexibility index (Phi) is 3.05. The van der Waals surface area contributed by atoms with Crippen molar-refractivity contribution < 1.29 is 9.59 Å². The van der Waals surface area contributed by atoms with E-state index in [9.17, 15) is 9.59 Å². The molecule has 1 saturated heterocycles. The molecule has 1 aliphatic heterocycles. The van der Waals surface area contributed by atoms with E-state index in [2.05, 4.69) is 15.6 Å². The number of rotatable bonds is 2. The topological polar surface area (TPSA) is 71.1 Å². The van der Waals surface area contributed by atoms with Crippen LogP contribution in [0.1, 0.15) is 12.8 Å². The van der Waals surface area contributed by atoms with E-state index in [4.69, 9.17) is 11.6 Å². The van der Waals surface area contributed by atoms with Gasteiger partial charge in [0.05, 0.1) is 0 Å². The molecule has 1 unspecified atom stereocenters. The molecule has 0 radical (unpaired) electrons. The molecule has 1 aliphatic rings. The molecule has 0 bridgehead atoms. The van der Waals surface area contributed by atoms with Crippen LogP contribution in [0.5, 0.6) is 0 Å². The van der Waals surface area contributed by atoms with Crippen molar-refractivity contribution in [3.05, 3.63) is 23.5 Å². The van der Waals surface area contributed by atoms with E-state index in [0.29, 0.717) is 18.0 Å². The Morgan fingerprint density at radius 3 is 3.00 bits per heavy atom. The van der Waals surface area contributed by atoms with Gasteiger partial charge in [0, 0.05) is 18.3 Å². The number of aromatic nitrogens is 1. The number of nitrogens with zero attached hydrogens (tertiary/aromatic N) is 1. The zero-order valence-electron chi connectivity index (χ0n) is 8.37. The first-order valence-electron chi connectivity index (χ1n) is 4.87. The van der Waals surface area contributed by atoms with Crippen LogP contribution in [-0.4, -0.2) is 22.8 Å². The fourth-order valence-corrected chi connectivity index (χ4v) is 1.70. The Balaban J connectivity index is 2.05. The maximum atomic E-state index is 11.5. The van der Waals surface area contributed by atoms with Crippen molar-refractivity contribution in [2.75, 3.05) is 5.32 Å². The van der Waals surface area contributed by atoms with Gasteiger partial charge in [0.1, 0.15) is 11.2 Å². The highest BCUT2D eigenvalue weighted by Gasteiger charge is 2.26. The first-order chi connectivity index (χ1) is 7.65. The second-order valence-corrected chi connectivity index (χ2v) is 3.90. The van der Waals surface area contributed by atoms with Gasteiger partial charge in [0.15, 0.2) is 0 Å². The maximum Gasteiger partial charge on any atom is 0.249 e. The van der Waals surface area contributed by atoms with Crippen molar-refractivity contribution in [2.45, 2.75) is 18.9 Å². The second-order valence-electron chi connectivity index (χ2n) is 3.52. The van der Waals surface area contributed by atoms with Gasteiger partial charge in [-0.3, -0.25) is 14.9 Å². The quantitative estimate of drug-likeness (QED) is 0.596. The Morgan fingerprint density at radius 2 is 2.31 bits per heavy atom. The molecule has 2 amide bonds. The number of carbonyl (C=O) groups excluding carboxylic acids is 2. The molecule has 2 heterocycles. The fourth-order valence-electron chi connectivity index (χ4n) is 1.52. The molecule has 2 rings (SSSR count). The lowest BCUT2D eigenvalue weighted by Crippen LogP contribution is -2.47. The Labute approximate surface area is 97.2 Å². The Morgan fingerprint density at radius 1 is 1.50 bits per heavy atom. The van der Waals surface area contributed by atoms with Gasteiger partial charge < -0.3 is 5.32 Å². The molecule has 1 aromatic rings. The van der Waals surface area contributed by atoms with Crippen LogP contribution in [0.2, 0.25) is 5.15 Å². The molecular weight excluding hydrogens is 230 g/mol. The lowest BCUT2D eigenvalue weighted by Gasteiger charge is -2.22. The van der Waals surface area contributed by atoms with Crippen molar-refractivity contribution >= 4 is 29.1 Å². The van der Waals surface area contributed by atoms with Crippen LogP contribution in [0.4, 0.5) is 5.69 Å². The van der Waals surface area contributed by atoms with Crippen LogP contribution in [0, 0.1) is 0 Å². The van der Waals surface area contributed by atoms with Crippen molar-refractivity contribution in [3.8, 4) is 0 Å². The van der Waals surface area contributed by atoms with Gasteiger partial charge in [-0.05, 0) is 18.6 Å². The van der Waals surface area contributed by atoms with E-state index in [1.807, 2.05) is 0 Å². The average Bonchev–Trinajstić information content (AvgIpc) is 2.22. The van der Waals surface area contributed by atoms with Crippen LogP contribution in [0.3, 0.4) is 0 Å². The van der Waals surface area contributed by atoms with Crippen LogP contribution in [-0.2, 0) is 9.59 Å². The molecule has 0 saturated carbocycles. The number of nitrogens with one attached hydrogen (secondary N) is 2. The number of amides is 2. The Hall–Kier alpha value is -1.62. The number of anilines is 1. The minimum Gasteiger partial charge on any atom is -0.374 e. The molecular formula is C10H10ClN3O2. The molecule has 84 valence electrons. The van der Waals surface area contributed by atoms with Crippen LogP contribution >= 0.6 is 11.6 Å². The van der Waals surface area contributed by atoms with E-state index in [-0.39, 0.29) is 11.8 Å². The van der Waals surface area contributed by atoms with Crippen molar-refractivity contribution in [1.82, 2.24) is 10.3 Å². The molecule has 0 aromatic carbocycles. The van der Waals surface area contributed by atoms with Gasteiger partial charge in [-0.2, -0.15) is 0 Å². The third kappa shape index (κ3) is 2.49. The van der Waals surface area contributed by atoms with Crippen LogP contribution in [0.15, 0.2) is 18.3 Å². The fraction of sp³-hybridized carbons (Fsp3) is 0.300. The molecule has 5 nitrogen and oxygen atoms in total. The highest BCUT2D eigenvalue weighted by atomic mass is 35.5. The van der Waals surface area contributed by atoms with E-state index >= 15 is 0 Å². The summed E-state index contributed by atoms with van der Waals surface area (Å²) in [6, 6.07) is 2.96. The molecule has 0 spiro atoms. The van der Waals surface area contributed by atoms with Gasteiger partial charge in [-0.1, -0.05) is 11.6 Å². The highest BCUT2D eigenvalue weighted by Crippen LogP contribution is 2.16. The van der Waals surface area contributed by atoms with Crippen molar-refractivity contribution in [3.63, 3.8) is 0 Å². The lowest BCUT2D eigenvalue weighted by molar-refractivity contribution is -0.133. The zero-order valence-corrected chi connectivity index (χ0v) is 9.12. The number of carbonyl (C=O) groups is 2. The minimum absolute atomic E-state index is 0.226. The number of imide groups is 1. The summed E-state index contributed by atoms with van der Waals surface area (Å²) in [5.41, 5.74) is 0.717. The summed E-state index contributed by atoms with van der Waals surface area (Å²) in [7, 11) is 0. The van der Waals surface area contributed by atoms with Gasteiger partial charge in [0.2, 0.25) is 11.8 Å². The number of piperidine rings is 1. The summed E-state index contributed by atoms with van der Waals surface area (Å²) in [6.45, 7) is 0. The minimum atomic E-state index is -0.392. The smallest absolute Gasteiger partial charge is 0.249 e. The molecule has 6 heteroatoms. The van der Waals surface area contributed by atoms with Crippen molar-refractivity contribution in [1.29, 1.82) is 0 Å².